The Kier molecular flexibility index (Phi) is 3.14. The van der Waals surface area contributed by atoms with Crippen LogP contribution < -0.4 is 0 Å². The molecule has 0 aromatic rings. The first-order valence-corrected chi connectivity index (χ1v) is 5.00. The predicted molar refractivity (Wildman–Crippen MR) is 57.1 cm³/mol. The molecule has 0 aromatic heterocycles. The Hall–Kier alpha value is -1.05. The van der Waals surface area contributed by atoms with Crippen molar-refractivity contribution in [2.24, 2.45) is 5.41 Å². The smallest absolute Gasteiger partial charge is 0.330 e. The molecule has 2 heteroatoms. The molecule has 1 N–H and O–H groups in total. The van der Waals surface area contributed by atoms with Gasteiger partial charge in [-0.05, 0) is 38.0 Å². The van der Waals surface area contributed by atoms with Gasteiger partial charge in [-0.3, -0.25) is 0 Å². The average molecular weight is 194 g/mol. The zero-order valence-corrected chi connectivity index (χ0v) is 8.97. The lowest BCUT2D eigenvalue weighted by Gasteiger charge is -2.17. The minimum absolute atomic E-state index is 0.176. The Bertz CT molecular complexity index is 277. The summed E-state index contributed by atoms with van der Waals surface area (Å²) in [4.78, 5) is 9.60. The molecule has 14 heavy (non-hydrogen) atoms. The van der Waals surface area contributed by atoms with Crippen molar-refractivity contribution in [1.29, 1.82) is 0 Å². The Morgan fingerprint density at radius 3 is 2.29 bits per heavy atom. The fraction of sp³-hybridized carbons (Fsp3) is 0.583. The number of rotatable bonds is 1. The van der Waals surface area contributed by atoms with Crippen LogP contribution in [0.25, 0.3) is 0 Å². The molecule has 1 saturated carbocycles. The molecule has 2 bridgehead atoms. The standard InChI is InChI=1S/C8H12.C4H6O2/c1-8-4-2-7(6-8)3-5-8;1-3(2)4(5)6/h2H,3-6H2,1H3;1H2,2H3,(H,5,6). The minimum atomic E-state index is -0.935. The average Bonchev–Trinajstić information content (AvgIpc) is 2.62. The molecule has 2 aliphatic carbocycles. The normalized spacial score (nSPS) is 27.7. The van der Waals surface area contributed by atoms with E-state index in [0.29, 0.717) is 0 Å². The van der Waals surface area contributed by atoms with Crippen LogP contribution in [0.2, 0.25) is 0 Å². The van der Waals surface area contributed by atoms with Gasteiger partial charge >= 0.3 is 5.97 Å². The third kappa shape index (κ3) is 2.72. The van der Waals surface area contributed by atoms with Crippen LogP contribution in [-0.2, 0) is 4.79 Å². The zero-order chi connectivity index (χ0) is 10.8. The summed E-state index contributed by atoms with van der Waals surface area (Å²) in [5.41, 5.74) is 2.62. The number of fused-ring (bicyclic) bond motifs is 2. The van der Waals surface area contributed by atoms with Crippen molar-refractivity contribution in [1.82, 2.24) is 0 Å². The SMILES string of the molecule is C=C(C)C(=O)O.CC12CC=C(CC1)C2. The van der Waals surface area contributed by atoms with Crippen LogP contribution >= 0.6 is 0 Å². The molecule has 2 nitrogen and oxygen atoms in total. The summed E-state index contributed by atoms with van der Waals surface area (Å²) in [6.45, 7) is 7.01. The van der Waals surface area contributed by atoms with Crippen LogP contribution in [0.15, 0.2) is 23.8 Å². The van der Waals surface area contributed by atoms with Gasteiger partial charge in [-0.1, -0.05) is 25.2 Å². The number of aliphatic carboxylic acids is 1. The molecule has 0 aliphatic heterocycles. The van der Waals surface area contributed by atoms with Crippen molar-refractivity contribution in [3.8, 4) is 0 Å². The van der Waals surface area contributed by atoms with Crippen LogP contribution in [0, 0.1) is 5.41 Å². The summed E-state index contributed by atoms with van der Waals surface area (Å²) in [6, 6.07) is 0. The summed E-state index contributed by atoms with van der Waals surface area (Å²) < 4.78 is 0. The van der Waals surface area contributed by atoms with E-state index in [-0.39, 0.29) is 5.57 Å². The lowest BCUT2D eigenvalue weighted by atomic mass is 9.88. The first-order valence-electron chi connectivity index (χ1n) is 5.00. The Labute approximate surface area is 85.3 Å². The van der Waals surface area contributed by atoms with Gasteiger partial charge in [0.15, 0.2) is 0 Å². The van der Waals surface area contributed by atoms with E-state index in [9.17, 15) is 4.79 Å². The Balaban J connectivity index is 0.000000149. The second kappa shape index (κ2) is 3.99. The largest absolute Gasteiger partial charge is 0.478 e. The molecule has 2 rings (SSSR count). The van der Waals surface area contributed by atoms with Crippen LogP contribution in [0.1, 0.15) is 39.5 Å². The summed E-state index contributed by atoms with van der Waals surface area (Å²) in [7, 11) is 0. The maximum atomic E-state index is 9.60. The van der Waals surface area contributed by atoms with E-state index in [0.717, 1.165) is 5.41 Å². The van der Waals surface area contributed by atoms with Crippen LogP contribution in [-0.4, -0.2) is 11.1 Å². The monoisotopic (exact) mass is 194 g/mol. The van der Waals surface area contributed by atoms with Crippen LogP contribution in [0.5, 0.6) is 0 Å². The summed E-state index contributed by atoms with van der Waals surface area (Å²) in [5.74, 6) is -0.935. The van der Waals surface area contributed by atoms with Gasteiger partial charge in [0.25, 0.3) is 0 Å². The molecular formula is C12H18O2. The second-order valence-corrected chi connectivity index (χ2v) is 4.64. The molecule has 0 amide bonds. The third-order valence-corrected chi connectivity index (χ3v) is 2.95. The molecule has 1 atom stereocenters. The highest BCUT2D eigenvalue weighted by Crippen LogP contribution is 2.49. The van der Waals surface area contributed by atoms with E-state index >= 15 is 0 Å². The van der Waals surface area contributed by atoms with Crippen molar-refractivity contribution in [3.05, 3.63) is 23.8 Å². The third-order valence-electron chi connectivity index (χ3n) is 2.95. The fourth-order valence-corrected chi connectivity index (χ4v) is 1.93. The van der Waals surface area contributed by atoms with E-state index in [4.69, 9.17) is 5.11 Å². The molecule has 2 aliphatic rings. The molecule has 0 aromatic carbocycles. The number of allylic oxidation sites excluding steroid dienone is 2. The zero-order valence-electron chi connectivity index (χ0n) is 8.97. The molecule has 0 spiro atoms. The van der Waals surface area contributed by atoms with Crippen molar-refractivity contribution >= 4 is 5.97 Å². The van der Waals surface area contributed by atoms with Crippen molar-refractivity contribution in [2.75, 3.05) is 0 Å². The molecule has 0 radical (unpaired) electrons. The van der Waals surface area contributed by atoms with Gasteiger partial charge in [0.1, 0.15) is 0 Å². The fourth-order valence-electron chi connectivity index (χ4n) is 1.93. The molecule has 1 fully saturated rings. The summed E-state index contributed by atoms with van der Waals surface area (Å²) in [6.07, 6.45) is 8.06. The highest BCUT2D eigenvalue weighted by atomic mass is 16.4. The van der Waals surface area contributed by atoms with Crippen LogP contribution in [0.4, 0.5) is 0 Å². The molecule has 0 saturated heterocycles. The van der Waals surface area contributed by atoms with Crippen molar-refractivity contribution < 1.29 is 9.90 Å². The molecular weight excluding hydrogens is 176 g/mol. The van der Waals surface area contributed by atoms with Gasteiger partial charge in [-0.2, -0.15) is 0 Å². The summed E-state index contributed by atoms with van der Waals surface area (Å²) >= 11 is 0. The highest BCUT2D eigenvalue weighted by Gasteiger charge is 2.34. The van der Waals surface area contributed by atoms with E-state index in [1.54, 1.807) is 5.57 Å². The molecule has 78 valence electrons. The molecule has 0 heterocycles. The van der Waals surface area contributed by atoms with E-state index in [2.05, 4.69) is 19.6 Å². The second-order valence-electron chi connectivity index (χ2n) is 4.64. The van der Waals surface area contributed by atoms with Gasteiger partial charge in [-0.15, -0.1) is 0 Å². The minimum Gasteiger partial charge on any atom is -0.478 e. The first-order chi connectivity index (χ1) is 6.43. The quantitative estimate of drug-likeness (QED) is 0.514. The number of carboxylic acids is 1. The van der Waals surface area contributed by atoms with Gasteiger partial charge in [0.05, 0.1) is 0 Å². The lowest BCUT2D eigenvalue weighted by Crippen LogP contribution is -2.05. The number of carboxylic acid groups (broad SMARTS) is 1. The number of hydrogen-bond donors (Lipinski definition) is 1. The van der Waals surface area contributed by atoms with Gasteiger partial charge in [0, 0.05) is 5.57 Å². The maximum absolute atomic E-state index is 9.60. The Morgan fingerprint density at radius 2 is 2.21 bits per heavy atom. The van der Waals surface area contributed by atoms with Gasteiger partial charge in [-0.25, -0.2) is 4.79 Å². The first kappa shape index (κ1) is 11.0. The summed E-state index contributed by atoms with van der Waals surface area (Å²) in [5, 5.41) is 7.89. The maximum Gasteiger partial charge on any atom is 0.330 e. The Morgan fingerprint density at radius 1 is 1.64 bits per heavy atom. The van der Waals surface area contributed by atoms with Gasteiger partial charge < -0.3 is 5.11 Å². The topological polar surface area (TPSA) is 37.3 Å². The van der Waals surface area contributed by atoms with Crippen molar-refractivity contribution in [2.45, 2.75) is 39.5 Å². The van der Waals surface area contributed by atoms with Gasteiger partial charge in [0.2, 0.25) is 0 Å². The van der Waals surface area contributed by atoms with Crippen LogP contribution in [0.3, 0.4) is 0 Å². The van der Waals surface area contributed by atoms with Crippen molar-refractivity contribution in [3.63, 3.8) is 0 Å². The number of hydrogen-bond acceptors (Lipinski definition) is 1. The van der Waals surface area contributed by atoms with E-state index in [1.807, 2.05) is 0 Å². The van der Waals surface area contributed by atoms with E-state index < -0.39 is 5.97 Å². The van der Waals surface area contributed by atoms with E-state index in [1.165, 1.54) is 32.6 Å². The lowest BCUT2D eigenvalue weighted by molar-refractivity contribution is -0.132. The highest BCUT2D eigenvalue weighted by molar-refractivity contribution is 5.84. The predicted octanol–water partition coefficient (Wildman–Crippen LogP) is 3.15. The number of carbonyl (C=O) groups is 1. The molecule has 1 unspecified atom stereocenters.